The van der Waals surface area contributed by atoms with E-state index >= 15 is 0 Å². The molecule has 0 saturated carbocycles. The number of nitrogens with zero attached hydrogens (tertiary/aromatic N) is 5. The quantitative estimate of drug-likeness (QED) is 0.0899. The van der Waals surface area contributed by atoms with Gasteiger partial charge < -0.3 is 47.4 Å². The van der Waals surface area contributed by atoms with Crippen LogP contribution in [0.2, 0.25) is 0 Å². The van der Waals surface area contributed by atoms with E-state index in [-0.39, 0.29) is 11.6 Å². The molecule has 5 aromatic carbocycles. The highest BCUT2D eigenvalue weighted by Crippen LogP contribution is 2.35. The predicted octanol–water partition coefficient (Wildman–Crippen LogP) is 14.8. The van der Waals surface area contributed by atoms with E-state index < -0.39 is 5.82 Å². The summed E-state index contributed by atoms with van der Waals surface area (Å²) in [5, 5.41) is 12.8. The van der Waals surface area contributed by atoms with Crippen molar-refractivity contribution < 1.29 is 56.1 Å². The number of ether oxygens (including phenoxy) is 10. The minimum atomic E-state index is -0.396. The largest absolute Gasteiger partial charge is 0.497 e. The molecule has 0 fully saturated rings. The van der Waals surface area contributed by atoms with Crippen molar-refractivity contribution in [1.82, 2.24) is 24.9 Å². The molecule has 408 valence electrons. The lowest BCUT2D eigenvalue weighted by molar-refractivity contribution is 0.338. The topological polar surface area (TPSA) is 157 Å². The fraction of sp³-hybridized carbons (Fsp3) is 0.196. The lowest BCUT2D eigenvalue weighted by Crippen LogP contribution is -1.91. The van der Waals surface area contributed by atoms with Gasteiger partial charge in [-0.15, -0.1) is 0 Å². The highest BCUT2D eigenvalue weighted by Gasteiger charge is 2.12. The summed E-state index contributed by atoms with van der Waals surface area (Å²) in [6.45, 7) is 2.59. The maximum absolute atomic E-state index is 13.4. The Morgan fingerprint density at radius 2 is 0.705 bits per heavy atom. The van der Waals surface area contributed by atoms with Crippen LogP contribution in [-0.4, -0.2) is 95.5 Å². The Labute approximate surface area is 471 Å². The van der Waals surface area contributed by atoms with E-state index in [0.29, 0.717) is 55.3 Å². The summed E-state index contributed by atoms with van der Waals surface area (Å²) in [5.74, 6) is 2.66. The molecule has 0 aliphatic heterocycles. The van der Waals surface area contributed by atoms with Crippen LogP contribution in [0, 0.1) is 11.6 Å². The summed E-state index contributed by atoms with van der Waals surface area (Å²) in [5.41, 5.74) is 8.87. The standard InChI is InChI=1S/C12H13NO3S.C12H13NO2S.C11H10FNO2S.C11H11NO2S.C10H8FNOS/c1-14-10-5-4-8(6-11(10)15-2)9-7-17-12(13-9)16-3;1-3-15-12-13-11(8-16-12)9-5-4-6-10(7-9)14-2;1-14-10-4-3-7(5-8(10)12)9-6-16-11(13-9)15-2;1-13-9-5-3-4-8(6-9)10-7-15-11(12-10)14-2;1-13-10-12-9(6-14-10)7-2-4-8(11)5-3-7/h4-7H,1-3H3;4-8H,3H2,1-2H3;3-6H,1-2H3;3-7H,1-2H3;2-6H,1H3. The first-order valence-corrected chi connectivity index (χ1v) is 27.6. The van der Waals surface area contributed by atoms with Gasteiger partial charge in [0.15, 0.2) is 23.1 Å². The minimum absolute atomic E-state index is 0.228. The maximum atomic E-state index is 13.4. The van der Waals surface area contributed by atoms with Crippen LogP contribution in [0.3, 0.4) is 0 Å². The van der Waals surface area contributed by atoms with Crippen LogP contribution in [0.25, 0.3) is 56.3 Å². The second kappa shape index (κ2) is 30.7. The van der Waals surface area contributed by atoms with E-state index in [1.54, 1.807) is 81.1 Å². The highest BCUT2D eigenvalue weighted by atomic mass is 32.1. The summed E-state index contributed by atoms with van der Waals surface area (Å²) < 4.78 is 77.1. The zero-order valence-corrected chi connectivity index (χ0v) is 48.2. The molecule has 0 amide bonds. The SMILES string of the molecule is CCOc1nc(-c2cccc(OC)c2)cs1.COc1cccc(-c2csc(OC)n2)c1.COc1nc(-c2ccc(F)cc2)cs1.COc1nc(-c2ccc(OC)c(F)c2)cs1.COc1nc(-c2ccc(OC)c(OC)c2)cs1. The molecular formula is C56H55F2N5O10S5. The number of hydrogen-bond donors (Lipinski definition) is 0. The Balaban J connectivity index is 0.000000158. The lowest BCUT2D eigenvalue weighted by atomic mass is 10.1. The van der Waals surface area contributed by atoms with Gasteiger partial charge in [-0.3, -0.25) is 0 Å². The second-order valence-corrected chi connectivity index (χ2v) is 19.2. The molecule has 0 N–H and O–H groups in total. The number of benzene rings is 5. The Kier molecular flexibility index (Phi) is 23.4. The molecule has 15 nitrogen and oxygen atoms in total. The summed E-state index contributed by atoms with van der Waals surface area (Å²) in [6.07, 6.45) is 0. The molecule has 0 radical (unpaired) electrons. The Morgan fingerprint density at radius 1 is 0.346 bits per heavy atom. The minimum Gasteiger partial charge on any atom is -0.497 e. The van der Waals surface area contributed by atoms with E-state index in [4.69, 9.17) is 47.4 Å². The van der Waals surface area contributed by atoms with Crippen molar-refractivity contribution in [2.45, 2.75) is 6.92 Å². The molecule has 10 rings (SSSR count). The van der Waals surface area contributed by atoms with Gasteiger partial charge in [-0.05, 0) is 91.9 Å². The van der Waals surface area contributed by atoms with Gasteiger partial charge in [-0.1, -0.05) is 80.9 Å². The van der Waals surface area contributed by atoms with Crippen LogP contribution in [0.5, 0.6) is 54.7 Å². The third kappa shape index (κ3) is 17.1. The van der Waals surface area contributed by atoms with Crippen LogP contribution in [0.1, 0.15) is 6.92 Å². The van der Waals surface area contributed by atoms with Crippen LogP contribution in [0.15, 0.2) is 136 Å². The fourth-order valence-corrected chi connectivity index (χ4v) is 9.85. The maximum Gasteiger partial charge on any atom is 0.273 e. The van der Waals surface area contributed by atoms with E-state index in [1.165, 1.54) is 82.0 Å². The predicted molar refractivity (Wildman–Crippen MR) is 308 cm³/mol. The molecule has 0 unspecified atom stereocenters. The number of rotatable bonds is 16. The number of aromatic nitrogens is 5. The van der Waals surface area contributed by atoms with Crippen molar-refractivity contribution in [2.75, 3.05) is 70.6 Å². The smallest absolute Gasteiger partial charge is 0.273 e. The molecule has 0 spiro atoms. The molecule has 0 saturated heterocycles. The van der Waals surface area contributed by atoms with Crippen LogP contribution in [-0.2, 0) is 0 Å². The van der Waals surface area contributed by atoms with Gasteiger partial charge in [-0.25, -0.2) is 33.7 Å². The normalized spacial score (nSPS) is 10.1. The highest BCUT2D eigenvalue weighted by molar-refractivity contribution is 7.12. The van der Waals surface area contributed by atoms with Crippen molar-refractivity contribution in [3.05, 3.63) is 148 Å². The van der Waals surface area contributed by atoms with Crippen LogP contribution >= 0.6 is 56.7 Å². The van der Waals surface area contributed by atoms with Crippen LogP contribution in [0.4, 0.5) is 8.78 Å². The molecule has 0 bridgehead atoms. The van der Waals surface area contributed by atoms with Gasteiger partial charge in [0, 0.05) is 54.7 Å². The summed E-state index contributed by atoms with van der Waals surface area (Å²) >= 11 is 7.25. The average Bonchev–Trinajstić information content (AvgIpc) is 4.39. The van der Waals surface area contributed by atoms with Crippen molar-refractivity contribution in [3.63, 3.8) is 0 Å². The van der Waals surface area contributed by atoms with E-state index in [2.05, 4.69) is 24.9 Å². The molecule has 0 aliphatic rings. The zero-order chi connectivity index (χ0) is 55.8. The van der Waals surface area contributed by atoms with Gasteiger partial charge in [-0.2, -0.15) is 0 Å². The van der Waals surface area contributed by atoms with Crippen molar-refractivity contribution in [1.29, 1.82) is 0 Å². The molecule has 78 heavy (non-hydrogen) atoms. The van der Waals surface area contributed by atoms with Crippen LogP contribution < -0.4 is 47.4 Å². The van der Waals surface area contributed by atoms with Gasteiger partial charge >= 0.3 is 0 Å². The number of thiazole rings is 5. The molecule has 0 aliphatic carbocycles. The van der Waals surface area contributed by atoms with Crippen molar-refractivity contribution in [2.24, 2.45) is 0 Å². The first-order chi connectivity index (χ1) is 38.0. The molecule has 0 atom stereocenters. The third-order valence-corrected chi connectivity index (χ3v) is 14.3. The number of methoxy groups -OCH3 is 9. The van der Waals surface area contributed by atoms with Gasteiger partial charge in [0.2, 0.25) is 0 Å². The van der Waals surface area contributed by atoms with E-state index in [9.17, 15) is 8.78 Å². The Hall–Kier alpha value is -7.89. The molecule has 22 heteroatoms. The number of halogens is 2. The summed E-state index contributed by atoms with van der Waals surface area (Å²) in [7, 11) is 14.3. The number of hydrogen-bond acceptors (Lipinski definition) is 20. The van der Waals surface area contributed by atoms with Gasteiger partial charge in [0.05, 0.1) is 99.1 Å². The Morgan fingerprint density at radius 3 is 1.08 bits per heavy atom. The van der Waals surface area contributed by atoms with Crippen molar-refractivity contribution in [3.8, 4) is 111 Å². The first kappa shape index (κ1) is 59.4. The summed E-state index contributed by atoms with van der Waals surface area (Å²) in [4.78, 5) is 21.4. The Bertz CT molecular complexity index is 3380. The third-order valence-electron chi connectivity index (χ3n) is 10.4. The van der Waals surface area contributed by atoms with E-state index in [0.717, 1.165) is 56.5 Å². The molecule has 5 heterocycles. The molecular weight excluding hydrogens is 1100 g/mol. The monoisotopic (exact) mass is 1160 g/mol. The molecule has 10 aromatic rings. The van der Waals surface area contributed by atoms with Gasteiger partial charge in [0.1, 0.15) is 17.3 Å². The first-order valence-electron chi connectivity index (χ1n) is 23.2. The van der Waals surface area contributed by atoms with Crippen molar-refractivity contribution >= 4 is 56.7 Å². The summed E-state index contributed by atoms with van der Waals surface area (Å²) in [6, 6.07) is 32.3. The zero-order valence-electron chi connectivity index (χ0n) is 44.1. The van der Waals surface area contributed by atoms with Gasteiger partial charge in [0.25, 0.3) is 26.0 Å². The molecule has 5 aromatic heterocycles. The second-order valence-electron chi connectivity index (χ2n) is 15.1. The average molecular weight is 1160 g/mol. The fourth-order valence-electron chi connectivity index (χ4n) is 6.52. The van der Waals surface area contributed by atoms with E-state index in [1.807, 2.05) is 101 Å². The lowest BCUT2D eigenvalue weighted by Gasteiger charge is -2.08.